The molecule has 0 spiro atoms. The summed E-state index contributed by atoms with van der Waals surface area (Å²) >= 11 is 0. The zero-order chi connectivity index (χ0) is 12.1. The molecule has 2 N–H and O–H groups in total. The van der Waals surface area contributed by atoms with E-state index in [-0.39, 0.29) is 0 Å². The van der Waals surface area contributed by atoms with Gasteiger partial charge in [0.25, 0.3) is 0 Å². The van der Waals surface area contributed by atoms with Crippen molar-refractivity contribution in [2.24, 2.45) is 5.73 Å². The van der Waals surface area contributed by atoms with Crippen molar-refractivity contribution in [2.75, 3.05) is 0 Å². The van der Waals surface area contributed by atoms with Crippen molar-refractivity contribution in [1.29, 1.82) is 0 Å². The lowest BCUT2D eigenvalue weighted by molar-refractivity contribution is 1.07. The van der Waals surface area contributed by atoms with E-state index in [1.807, 2.05) is 6.07 Å². The van der Waals surface area contributed by atoms with Gasteiger partial charge in [0.05, 0.1) is 0 Å². The van der Waals surface area contributed by atoms with E-state index in [9.17, 15) is 0 Å². The molecule has 0 saturated heterocycles. The Bertz CT molecular complexity index is 495. The Morgan fingerprint density at radius 3 is 2.06 bits per heavy atom. The zero-order valence-corrected chi connectivity index (χ0v) is 10.1. The smallest absolute Gasteiger partial charge is 0.0178 e. The largest absolute Gasteiger partial charge is 0.326 e. The summed E-state index contributed by atoms with van der Waals surface area (Å²) < 4.78 is 0. The van der Waals surface area contributed by atoms with Crippen molar-refractivity contribution >= 4 is 5.57 Å². The van der Waals surface area contributed by atoms with Gasteiger partial charge in [0, 0.05) is 6.54 Å². The first kappa shape index (κ1) is 11.6. The normalized spacial score (nSPS) is 11.5. The molecule has 0 atom stereocenters. The Labute approximate surface area is 103 Å². The van der Waals surface area contributed by atoms with Crippen LogP contribution in [0.25, 0.3) is 5.57 Å². The van der Waals surface area contributed by atoms with E-state index in [4.69, 9.17) is 5.73 Å². The Morgan fingerprint density at radius 1 is 0.941 bits per heavy atom. The van der Waals surface area contributed by atoms with E-state index in [2.05, 4.69) is 61.5 Å². The van der Waals surface area contributed by atoms with Crippen molar-refractivity contribution in [2.45, 2.75) is 13.5 Å². The van der Waals surface area contributed by atoms with Crippen LogP contribution in [0.15, 0.2) is 60.7 Å². The van der Waals surface area contributed by atoms with E-state index in [1.54, 1.807) is 0 Å². The number of hydrogen-bond acceptors (Lipinski definition) is 1. The lowest BCUT2D eigenvalue weighted by Gasteiger charge is -2.08. The number of nitrogens with two attached hydrogens (primary N) is 1. The number of hydrogen-bond donors (Lipinski definition) is 1. The van der Waals surface area contributed by atoms with E-state index >= 15 is 0 Å². The molecule has 2 aromatic carbocycles. The second-order valence-electron chi connectivity index (χ2n) is 3.97. The fraction of sp³-hybridized carbons (Fsp3) is 0.125. The third-order valence-corrected chi connectivity index (χ3v) is 2.87. The van der Waals surface area contributed by atoms with E-state index < -0.39 is 0 Å². The lowest BCUT2D eigenvalue weighted by Crippen LogP contribution is -1.96. The van der Waals surface area contributed by atoms with E-state index in [0.29, 0.717) is 6.54 Å². The Balaban J connectivity index is 2.37. The Hall–Kier alpha value is -1.86. The van der Waals surface area contributed by atoms with Gasteiger partial charge in [-0.3, -0.25) is 0 Å². The molecule has 0 saturated carbocycles. The molecule has 0 aliphatic rings. The van der Waals surface area contributed by atoms with Crippen LogP contribution in [0, 0.1) is 0 Å². The summed E-state index contributed by atoms with van der Waals surface area (Å²) in [4.78, 5) is 0. The molecule has 0 aliphatic heterocycles. The monoisotopic (exact) mass is 223 g/mol. The molecule has 0 aliphatic carbocycles. The molecule has 0 aromatic heterocycles. The molecule has 17 heavy (non-hydrogen) atoms. The summed E-state index contributed by atoms with van der Waals surface area (Å²) in [6.07, 6.45) is 2.15. The maximum Gasteiger partial charge on any atom is 0.0178 e. The van der Waals surface area contributed by atoms with Gasteiger partial charge in [-0.25, -0.2) is 0 Å². The van der Waals surface area contributed by atoms with Crippen LogP contribution in [-0.4, -0.2) is 0 Å². The SMILES string of the molecule is CC=C(c1ccccc1)c1ccc(CN)cc1. The van der Waals surface area contributed by atoms with Crippen molar-refractivity contribution in [1.82, 2.24) is 0 Å². The van der Waals surface area contributed by atoms with Crippen LogP contribution >= 0.6 is 0 Å². The first-order valence-electron chi connectivity index (χ1n) is 5.86. The lowest BCUT2D eigenvalue weighted by atomic mass is 9.97. The summed E-state index contributed by atoms with van der Waals surface area (Å²) in [5.74, 6) is 0. The fourth-order valence-corrected chi connectivity index (χ4v) is 1.94. The summed E-state index contributed by atoms with van der Waals surface area (Å²) in [6.45, 7) is 2.66. The van der Waals surface area contributed by atoms with Crippen molar-refractivity contribution in [3.05, 3.63) is 77.4 Å². The van der Waals surface area contributed by atoms with Crippen molar-refractivity contribution < 1.29 is 0 Å². The number of benzene rings is 2. The minimum atomic E-state index is 0.594. The zero-order valence-electron chi connectivity index (χ0n) is 10.1. The van der Waals surface area contributed by atoms with Gasteiger partial charge >= 0.3 is 0 Å². The molecule has 0 amide bonds. The van der Waals surface area contributed by atoms with Crippen molar-refractivity contribution in [3.8, 4) is 0 Å². The third kappa shape index (κ3) is 2.63. The summed E-state index contributed by atoms with van der Waals surface area (Å²) in [5.41, 5.74) is 10.5. The van der Waals surface area contributed by atoms with Crippen LogP contribution < -0.4 is 5.73 Å². The molecule has 1 heteroatoms. The molecule has 1 nitrogen and oxygen atoms in total. The van der Waals surface area contributed by atoms with Gasteiger partial charge in [-0.15, -0.1) is 0 Å². The van der Waals surface area contributed by atoms with Gasteiger partial charge in [0.2, 0.25) is 0 Å². The summed E-state index contributed by atoms with van der Waals surface area (Å²) in [7, 11) is 0. The second kappa shape index (κ2) is 5.46. The fourth-order valence-electron chi connectivity index (χ4n) is 1.94. The van der Waals surface area contributed by atoms with Crippen LogP contribution in [0.2, 0.25) is 0 Å². The first-order chi connectivity index (χ1) is 8.35. The van der Waals surface area contributed by atoms with Crippen LogP contribution in [0.3, 0.4) is 0 Å². The number of rotatable bonds is 3. The molecular weight excluding hydrogens is 206 g/mol. The quantitative estimate of drug-likeness (QED) is 0.845. The number of allylic oxidation sites excluding steroid dienone is 1. The summed E-state index contributed by atoms with van der Waals surface area (Å²) in [6, 6.07) is 18.9. The van der Waals surface area contributed by atoms with Crippen molar-refractivity contribution in [3.63, 3.8) is 0 Å². The molecule has 0 unspecified atom stereocenters. The molecule has 0 heterocycles. The van der Waals surface area contributed by atoms with Crippen LogP contribution in [0.5, 0.6) is 0 Å². The minimum Gasteiger partial charge on any atom is -0.326 e. The second-order valence-corrected chi connectivity index (χ2v) is 3.97. The molecule has 86 valence electrons. The van der Waals surface area contributed by atoms with E-state index in [1.165, 1.54) is 16.7 Å². The van der Waals surface area contributed by atoms with Crippen LogP contribution in [0.1, 0.15) is 23.6 Å². The molecule has 0 bridgehead atoms. The first-order valence-corrected chi connectivity index (χ1v) is 5.86. The maximum atomic E-state index is 5.61. The van der Waals surface area contributed by atoms with Crippen LogP contribution in [0.4, 0.5) is 0 Å². The standard InChI is InChI=1S/C16H17N/c1-2-16(14-6-4-3-5-7-14)15-10-8-13(12-17)9-11-15/h2-11H,12,17H2,1H3. The maximum absolute atomic E-state index is 5.61. The predicted molar refractivity (Wildman–Crippen MR) is 73.5 cm³/mol. The molecule has 2 aromatic rings. The van der Waals surface area contributed by atoms with E-state index in [0.717, 1.165) is 5.56 Å². The minimum absolute atomic E-state index is 0.594. The molecule has 0 fully saturated rings. The average Bonchev–Trinajstić information content (AvgIpc) is 2.42. The highest BCUT2D eigenvalue weighted by atomic mass is 14.5. The predicted octanol–water partition coefficient (Wildman–Crippen LogP) is 3.60. The topological polar surface area (TPSA) is 26.0 Å². The van der Waals surface area contributed by atoms with Gasteiger partial charge in [0.1, 0.15) is 0 Å². The Morgan fingerprint density at radius 2 is 1.53 bits per heavy atom. The molecule has 2 rings (SSSR count). The summed E-state index contributed by atoms with van der Waals surface area (Å²) in [5, 5.41) is 0. The van der Waals surface area contributed by atoms with Gasteiger partial charge in [-0.2, -0.15) is 0 Å². The van der Waals surface area contributed by atoms with Gasteiger partial charge in [0.15, 0.2) is 0 Å². The van der Waals surface area contributed by atoms with Gasteiger partial charge in [-0.05, 0) is 29.2 Å². The highest BCUT2D eigenvalue weighted by Crippen LogP contribution is 2.23. The average molecular weight is 223 g/mol. The molecular formula is C16H17N. The van der Waals surface area contributed by atoms with Crippen LogP contribution in [-0.2, 0) is 6.54 Å². The van der Waals surface area contributed by atoms with Gasteiger partial charge < -0.3 is 5.73 Å². The van der Waals surface area contributed by atoms with Gasteiger partial charge in [-0.1, -0.05) is 60.7 Å². The highest BCUT2D eigenvalue weighted by Gasteiger charge is 2.02. The Kier molecular flexibility index (Phi) is 3.73. The molecule has 0 radical (unpaired) electrons. The highest BCUT2D eigenvalue weighted by molar-refractivity contribution is 5.79. The third-order valence-electron chi connectivity index (χ3n) is 2.87.